The lowest BCUT2D eigenvalue weighted by Crippen LogP contribution is -2.25. The number of hydrogen-bond acceptors (Lipinski definition) is 2. The predicted octanol–water partition coefficient (Wildman–Crippen LogP) is 3.32. The Balaban J connectivity index is 2.87. The third-order valence-corrected chi connectivity index (χ3v) is 3.38. The molecule has 0 aliphatic carbocycles. The molecule has 1 aromatic rings. The third kappa shape index (κ3) is 4.21. The summed E-state index contributed by atoms with van der Waals surface area (Å²) in [6, 6.07) is 6.07. The van der Waals surface area contributed by atoms with Gasteiger partial charge in [0, 0.05) is 24.3 Å². The number of benzene rings is 1. The van der Waals surface area contributed by atoms with Crippen LogP contribution in [0.4, 0.5) is 5.69 Å². The molecule has 1 rings (SSSR count). The molecule has 0 aromatic heterocycles. The van der Waals surface area contributed by atoms with Crippen molar-refractivity contribution in [2.45, 2.75) is 26.7 Å². The second-order valence-corrected chi connectivity index (χ2v) is 5.14. The van der Waals surface area contributed by atoms with Crippen LogP contribution in [-0.2, 0) is 6.42 Å². The van der Waals surface area contributed by atoms with Gasteiger partial charge >= 0.3 is 0 Å². The van der Waals surface area contributed by atoms with E-state index in [0.29, 0.717) is 12.5 Å². The summed E-state index contributed by atoms with van der Waals surface area (Å²) in [5, 5.41) is 0.786. The van der Waals surface area contributed by atoms with Gasteiger partial charge in [-0.3, -0.25) is 0 Å². The Kier molecular flexibility index (Phi) is 5.79. The van der Waals surface area contributed by atoms with Gasteiger partial charge in [0.25, 0.3) is 0 Å². The van der Waals surface area contributed by atoms with Crippen LogP contribution >= 0.6 is 11.6 Å². The average molecular weight is 255 g/mol. The first kappa shape index (κ1) is 14.3. The van der Waals surface area contributed by atoms with Crippen LogP contribution in [0.1, 0.15) is 25.8 Å². The SMILES string of the molecule is CCC(C)CN(C)c1ccc(Cl)cc1CCN. The van der Waals surface area contributed by atoms with Crippen molar-refractivity contribution in [3.05, 3.63) is 28.8 Å². The van der Waals surface area contributed by atoms with E-state index in [0.717, 1.165) is 18.0 Å². The molecular formula is C14H23ClN2. The second-order valence-electron chi connectivity index (χ2n) is 4.71. The first-order valence-electron chi connectivity index (χ1n) is 6.28. The van der Waals surface area contributed by atoms with Gasteiger partial charge in [0.05, 0.1) is 0 Å². The molecule has 0 aliphatic rings. The van der Waals surface area contributed by atoms with Crippen molar-refractivity contribution in [2.24, 2.45) is 11.7 Å². The summed E-state index contributed by atoms with van der Waals surface area (Å²) < 4.78 is 0. The number of hydrogen-bond donors (Lipinski definition) is 1. The standard InChI is InChI=1S/C14H23ClN2/c1-4-11(2)10-17(3)14-6-5-13(15)9-12(14)7-8-16/h5-6,9,11H,4,7-8,10,16H2,1-3H3. The molecule has 1 aromatic carbocycles. The van der Waals surface area contributed by atoms with Crippen molar-refractivity contribution in [3.8, 4) is 0 Å². The fourth-order valence-electron chi connectivity index (χ4n) is 1.98. The van der Waals surface area contributed by atoms with Gasteiger partial charge in [0.15, 0.2) is 0 Å². The van der Waals surface area contributed by atoms with Crippen molar-refractivity contribution >= 4 is 17.3 Å². The molecule has 17 heavy (non-hydrogen) atoms. The normalized spacial score (nSPS) is 12.5. The van der Waals surface area contributed by atoms with E-state index in [4.69, 9.17) is 17.3 Å². The Morgan fingerprint density at radius 3 is 2.71 bits per heavy atom. The van der Waals surface area contributed by atoms with Gasteiger partial charge < -0.3 is 10.6 Å². The second kappa shape index (κ2) is 6.87. The van der Waals surface area contributed by atoms with E-state index in [1.54, 1.807) is 0 Å². The monoisotopic (exact) mass is 254 g/mol. The number of rotatable bonds is 6. The highest BCUT2D eigenvalue weighted by Gasteiger charge is 2.10. The molecule has 0 saturated carbocycles. The van der Waals surface area contributed by atoms with E-state index in [2.05, 4.69) is 31.9 Å². The van der Waals surface area contributed by atoms with Crippen LogP contribution in [0.25, 0.3) is 0 Å². The fourth-order valence-corrected chi connectivity index (χ4v) is 2.17. The maximum absolute atomic E-state index is 6.03. The molecule has 1 unspecified atom stereocenters. The number of nitrogens with zero attached hydrogens (tertiary/aromatic N) is 1. The zero-order valence-corrected chi connectivity index (χ0v) is 11.8. The van der Waals surface area contributed by atoms with E-state index in [1.807, 2.05) is 12.1 Å². The minimum absolute atomic E-state index is 0.657. The minimum atomic E-state index is 0.657. The number of halogens is 1. The topological polar surface area (TPSA) is 29.3 Å². The van der Waals surface area contributed by atoms with Crippen LogP contribution in [0.15, 0.2) is 18.2 Å². The highest BCUT2D eigenvalue weighted by Crippen LogP contribution is 2.24. The van der Waals surface area contributed by atoms with Crippen molar-refractivity contribution in [2.75, 3.05) is 25.0 Å². The van der Waals surface area contributed by atoms with Crippen LogP contribution in [-0.4, -0.2) is 20.1 Å². The lowest BCUT2D eigenvalue weighted by Gasteiger charge is -2.25. The van der Waals surface area contributed by atoms with Gasteiger partial charge in [-0.15, -0.1) is 0 Å². The molecule has 0 fully saturated rings. The molecule has 0 amide bonds. The molecule has 0 bridgehead atoms. The maximum Gasteiger partial charge on any atom is 0.0410 e. The molecule has 3 heteroatoms. The summed E-state index contributed by atoms with van der Waals surface area (Å²) in [5.41, 5.74) is 8.14. The summed E-state index contributed by atoms with van der Waals surface area (Å²) >= 11 is 6.03. The molecule has 0 saturated heterocycles. The molecule has 2 N–H and O–H groups in total. The zero-order chi connectivity index (χ0) is 12.8. The Hall–Kier alpha value is -0.730. The Bertz CT molecular complexity index is 352. The van der Waals surface area contributed by atoms with E-state index < -0.39 is 0 Å². The van der Waals surface area contributed by atoms with E-state index in [9.17, 15) is 0 Å². The largest absolute Gasteiger partial charge is 0.374 e. The van der Waals surface area contributed by atoms with Crippen molar-refractivity contribution in [1.29, 1.82) is 0 Å². The minimum Gasteiger partial charge on any atom is -0.374 e. The van der Waals surface area contributed by atoms with Crippen LogP contribution in [0, 0.1) is 5.92 Å². The van der Waals surface area contributed by atoms with Gasteiger partial charge in [0.1, 0.15) is 0 Å². The first-order chi connectivity index (χ1) is 8.08. The lowest BCUT2D eigenvalue weighted by molar-refractivity contribution is 0.559. The zero-order valence-electron chi connectivity index (χ0n) is 11.0. The van der Waals surface area contributed by atoms with E-state index in [-0.39, 0.29) is 0 Å². The van der Waals surface area contributed by atoms with Gasteiger partial charge in [-0.25, -0.2) is 0 Å². The maximum atomic E-state index is 6.03. The van der Waals surface area contributed by atoms with Gasteiger partial charge in [-0.2, -0.15) is 0 Å². The smallest absolute Gasteiger partial charge is 0.0410 e. The van der Waals surface area contributed by atoms with Gasteiger partial charge in [0.2, 0.25) is 0 Å². The summed E-state index contributed by atoms with van der Waals surface area (Å²) in [4.78, 5) is 2.30. The molecule has 0 aliphatic heterocycles. The molecule has 1 atom stereocenters. The summed E-state index contributed by atoms with van der Waals surface area (Å²) in [6.07, 6.45) is 2.07. The third-order valence-electron chi connectivity index (χ3n) is 3.15. The predicted molar refractivity (Wildman–Crippen MR) is 76.9 cm³/mol. The summed E-state index contributed by atoms with van der Waals surface area (Å²) in [5.74, 6) is 0.696. The van der Waals surface area contributed by atoms with Crippen molar-refractivity contribution in [3.63, 3.8) is 0 Å². The molecule has 0 radical (unpaired) electrons. The highest BCUT2D eigenvalue weighted by molar-refractivity contribution is 6.30. The molecular weight excluding hydrogens is 232 g/mol. The van der Waals surface area contributed by atoms with E-state index >= 15 is 0 Å². The van der Waals surface area contributed by atoms with Gasteiger partial charge in [-0.1, -0.05) is 31.9 Å². The Labute approximate surface area is 110 Å². The molecule has 0 heterocycles. The quantitative estimate of drug-likeness (QED) is 0.844. The Morgan fingerprint density at radius 2 is 2.12 bits per heavy atom. The molecule has 96 valence electrons. The van der Waals surface area contributed by atoms with Crippen LogP contribution < -0.4 is 10.6 Å². The average Bonchev–Trinajstić information content (AvgIpc) is 2.29. The van der Waals surface area contributed by atoms with Crippen LogP contribution in [0.5, 0.6) is 0 Å². The molecule has 0 spiro atoms. The summed E-state index contributed by atoms with van der Waals surface area (Å²) in [6.45, 7) is 6.22. The first-order valence-corrected chi connectivity index (χ1v) is 6.65. The summed E-state index contributed by atoms with van der Waals surface area (Å²) in [7, 11) is 2.13. The van der Waals surface area contributed by atoms with Gasteiger partial charge in [-0.05, 0) is 42.6 Å². The van der Waals surface area contributed by atoms with Crippen LogP contribution in [0.2, 0.25) is 5.02 Å². The fraction of sp³-hybridized carbons (Fsp3) is 0.571. The van der Waals surface area contributed by atoms with Crippen molar-refractivity contribution < 1.29 is 0 Å². The lowest BCUT2D eigenvalue weighted by atomic mass is 10.1. The van der Waals surface area contributed by atoms with Crippen LogP contribution in [0.3, 0.4) is 0 Å². The Morgan fingerprint density at radius 1 is 1.41 bits per heavy atom. The number of nitrogens with two attached hydrogens (primary N) is 1. The van der Waals surface area contributed by atoms with Crippen molar-refractivity contribution in [1.82, 2.24) is 0 Å². The highest BCUT2D eigenvalue weighted by atomic mass is 35.5. The van der Waals surface area contributed by atoms with E-state index in [1.165, 1.54) is 17.7 Å². The molecule has 2 nitrogen and oxygen atoms in total. The number of anilines is 1.